The van der Waals surface area contributed by atoms with Crippen molar-refractivity contribution in [1.29, 1.82) is 0 Å². The Morgan fingerprint density at radius 1 is 1.18 bits per heavy atom. The standard InChI is InChI=1S/C30H32N6O3/c1-4-28(37)36-25-17-22(26(39-3)18-24(25)34-14-10-20(11-15-34)19-30(36,2)38)32-29-31-13-9-27(33-29)35-16-12-21-7-5-6-8-23(21)35/h4-9,12-13,16-18,20,38H,1,10-11,14-15,19H2,2-3H3,(H,31,32,33). The van der Waals surface area contributed by atoms with E-state index in [0.717, 1.165) is 42.5 Å². The van der Waals surface area contributed by atoms with E-state index >= 15 is 0 Å². The van der Waals surface area contributed by atoms with Gasteiger partial charge in [0.15, 0.2) is 0 Å². The lowest BCUT2D eigenvalue weighted by molar-refractivity contribution is -0.118. The number of carbonyl (C=O) groups is 1. The molecule has 2 N–H and O–H groups in total. The van der Waals surface area contributed by atoms with Gasteiger partial charge in [-0.2, -0.15) is 4.98 Å². The number of amides is 1. The molecule has 2 bridgehead atoms. The summed E-state index contributed by atoms with van der Waals surface area (Å²) in [6.45, 7) is 7.10. The van der Waals surface area contributed by atoms with Crippen LogP contribution in [0.1, 0.15) is 26.2 Å². The average molecular weight is 525 g/mol. The molecule has 1 unspecified atom stereocenters. The molecule has 1 atom stereocenters. The van der Waals surface area contributed by atoms with E-state index in [9.17, 15) is 9.90 Å². The second-order valence-corrected chi connectivity index (χ2v) is 10.4. The normalized spacial score (nSPS) is 20.6. The predicted molar refractivity (Wildman–Crippen MR) is 153 cm³/mol. The molecule has 9 nitrogen and oxygen atoms in total. The number of fused-ring (bicyclic) bond motifs is 5. The third-order valence-electron chi connectivity index (χ3n) is 7.78. The maximum Gasteiger partial charge on any atom is 0.252 e. The van der Waals surface area contributed by atoms with Gasteiger partial charge in [-0.3, -0.25) is 9.69 Å². The highest BCUT2D eigenvalue weighted by Gasteiger charge is 2.41. The van der Waals surface area contributed by atoms with Crippen molar-refractivity contribution in [2.24, 2.45) is 5.92 Å². The van der Waals surface area contributed by atoms with Gasteiger partial charge < -0.3 is 24.6 Å². The van der Waals surface area contributed by atoms with Gasteiger partial charge in [-0.15, -0.1) is 0 Å². The van der Waals surface area contributed by atoms with Gasteiger partial charge in [0.25, 0.3) is 5.91 Å². The molecule has 0 aliphatic carbocycles. The van der Waals surface area contributed by atoms with Crippen LogP contribution < -0.4 is 19.9 Å². The van der Waals surface area contributed by atoms with E-state index in [1.54, 1.807) is 20.2 Å². The highest BCUT2D eigenvalue weighted by Crippen LogP contribution is 2.46. The molecule has 1 saturated heterocycles. The van der Waals surface area contributed by atoms with Gasteiger partial charge in [0, 0.05) is 31.5 Å². The third kappa shape index (κ3) is 4.48. The van der Waals surface area contributed by atoms with Crippen LogP contribution in [0.2, 0.25) is 0 Å². The molecule has 2 aromatic carbocycles. The second kappa shape index (κ2) is 9.74. The Kier molecular flexibility index (Phi) is 6.23. The van der Waals surface area contributed by atoms with Crippen LogP contribution in [0.25, 0.3) is 16.7 Å². The summed E-state index contributed by atoms with van der Waals surface area (Å²) < 4.78 is 7.80. The molecule has 0 radical (unpaired) electrons. The summed E-state index contributed by atoms with van der Waals surface area (Å²) in [5.41, 5.74) is 1.66. The molecule has 5 heterocycles. The number of aromatic nitrogens is 3. The fraction of sp³-hybridized carbons (Fsp3) is 0.300. The van der Waals surface area contributed by atoms with Crippen LogP contribution in [0.5, 0.6) is 5.75 Å². The molecule has 2 aromatic heterocycles. The van der Waals surface area contributed by atoms with Crippen LogP contribution in [-0.2, 0) is 4.79 Å². The molecule has 4 aromatic rings. The number of nitrogens with zero attached hydrogens (tertiary/aromatic N) is 5. The molecule has 0 spiro atoms. The van der Waals surface area contributed by atoms with Crippen molar-refractivity contribution in [3.05, 3.63) is 73.6 Å². The van der Waals surface area contributed by atoms with Crippen LogP contribution in [-0.4, -0.2) is 51.5 Å². The number of anilines is 4. The van der Waals surface area contributed by atoms with E-state index in [4.69, 9.17) is 9.72 Å². The number of aliphatic hydroxyl groups is 1. The van der Waals surface area contributed by atoms with Crippen molar-refractivity contribution < 1.29 is 14.6 Å². The highest BCUT2D eigenvalue weighted by atomic mass is 16.5. The molecule has 0 saturated carbocycles. The number of para-hydroxylation sites is 1. The summed E-state index contributed by atoms with van der Waals surface area (Å²) in [4.78, 5) is 26.1. The molecular formula is C30H32N6O3. The summed E-state index contributed by atoms with van der Waals surface area (Å²) >= 11 is 0. The van der Waals surface area contributed by atoms with Crippen molar-refractivity contribution in [2.45, 2.75) is 31.9 Å². The molecule has 3 aliphatic heterocycles. The Morgan fingerprint density at radius 2 is 1.97 bits per heavy atom. The lowest BCUT2D eigenvalue weighted by atomic mass is 9.89. The number of rotatable bonds is 5. The number of benzene rings is 2. The smallest absolute Gasteiger partial charge is 0.252 e. The van der Waals surface area contributed by atoms with Gasteiger partial charge in [0.1, 0.15) is 17.3 Å². The number of piperidine rings is 1. The SMILES string of the molecule is C=CC(=O)N1c2cc(Nc3nccc(-n4ccc5ccccc54)n3)c(OC)cc2N2CCC(CC2)CC1(C)O. The van der Waals surface area contributed by atoms with E-state index in [-0.39, 0.29) is 5.91 Å². The summed E-state index contributed by atoms with van der Waals surface area (Å²) in [6.07, 6.45) is 7.32. The molecular weight excluding hydrogens is 492 g/mol. The zero-order valence-electron chi connectivity index (χ0n) is 22.2. The van der Waals surface area contributed by atoms with Crippen LogP contribution in [0.15, 0.2) is 73.6 Å². The lowest BCUT2D eigenvalue weighted by Gasteiger charge is -2.38. The third-order valence-corrected chi connectivity index (χ3v) is 7.78. The molecule has 1 amide bonds. The fourth-order valence-corrected chi connectivity index (χ4v) is 5.93. The van der Waals surface area contributed by atoms with Crippen molar-refractivity contribution in [3.8, 4) is 11.6 Å². The maximum absolute atomic E-state index is 13.2. The second-order valence-electron chi connectivity index (χ2n) is 10.4. The molecule has 7 rings (SSSR count). The summed E-state index contributed by atoms with van der Waals surface area (Å²) in [5.74, 6) is 1.64. The minimum absolute atomic E-state index is 0.325. The van der Waals surface area contributed by atoms with Crippen molar-refractivity contribution in [3.63, 3.8) is 0 Å². The fourth-order valence-electron chi connectivity index (χ4n) is 5.93. The zero-order chi connectivity index (χ0) is 27.1. The molecule has 39 heavy (non-hydrogen) atoms. The number of nitrogens with one attached hydrogen (secondary N) is 1. The Labute approximate surface area is 227 Å². The maximum atomic E-state index is 13.2. The van der Waals surface area contributed by atoms with Crippen molar-refractivity contribution in [2.75, 3.05) is 35.3 Å². The van der Waals surface area contributed by atoms with E-state index in [1.165, 1.54) is 11.0 Å². The zero-order valence-corrected chi connectivity index (χ0v) is 22.2. The molecule has 3 aliphatic rings. The van der Waals surface area contributed by atoms with Gasteiger partial charge in [-0.25, -0.2) is 4.98 Å². The Morgan fingerprint density at radius 3 is 2.74 bits per heavy atom. The first-order valence-electron chi connectivity index (χ1n) is 13.2. The minimum Gasteiger partial charge on any atom is -0.494 e. The predicted octanol–water partition coefficient (Wildman–Crippen LogP) is 5.02. The topological polar surface area (TPSA) is 95.8 Å². The molecule has 200 valence electrons. The van der Waals surface area contributed by atoms with Gasteiger partial charge in [0.2, 0.25) is 5.95 Å². The quantitative estimate of drug-likeness (QED) is 0.354. The van der Waals surface area contributed by atoms with Gasteiger partial charge >= 0.3 is 0 Å². The molecule has 1 fully saturated rings. The largest absolute Gasteiger partial charge is 0.494 e. The van der Waals surface area contributed by atoms with Crippen LogP contribution >= 0.6 is 0 Å². The first-order chi connectivity index (χ1) is 18.9. The Bertz CT molecular complexity index is 1550. The van der Waals surface area contributed by atoms with E-state index < -0.39 is 5.72 Å². The minimum atomic E-state index is -1.39. The van der Waals surface area contributed by atoms with E-state index in [1.807, 2.05) is 53.2 Å². The highest BCUT2D eigenvalue weighted by molar-refractivity contribution is 6.05. The number of methoxy groups -OCH3 is 1. The van der Waals surface area contributed by atoms with E-state index in [2.05, 4.69) is 27.8 Å². The summed E-state index contributed by atoms with van der Waals surface area (Å²) in [5, 5.41) is 16.0. The van der Waals surface area contributed by atoms with Crippen LogP contribution in [0, 0.1) is 5.92 Å². The first kappa shape index (κ1) is 24.9. The first-order valence-corrected chi connectivity index (χ1v) is 13.2. The van der Waals surface area contributed by atoms with Gasteiger partial charge in [0.05, 0.1) is 29.7 Å². The number of hydrogen-bond acceptors (Lipinski definition) is 7. The Balaban J connectivity index is 1.45. The van der Waals surface area contributed by atoms with Crippen molar-refractivity contribution >= 4 is 39.8 Å². The number of ether oxygens (including phenoxy) is 1. The summed E-state index contributed by atoms with van der Waals surface area (Å²) in [6, 6.07) is 15.8. The van der Waals surface area contributed by atoms with E-state index in [0.29, 0.717) is 41.2 Å². The average Bonchev–Trinajstić information content (AvgIpc) is 3.39. The number of carbonyl (C=O) groups excluding carboxylic acids is 1. The van der Waals surface area contributed by atoms with Crippen molar-refractivity contribution in [1.82, 2.24) is 14.5 Å². The monoisotopic (exact) mass is 524 g/mol. The Hall–Kier alpha value is -4.37. The number of hydrogen-bond donors (Lipinski definition) is 2. The lowest BCUT2D eigenvalue weighted by Crippen LogP contribution is -2.50. The van der Waals surface area contributed by atoms with Crippen LogP contribution in [0.3, 0.4) is 0 Å². The van der Waals surface area contributed by atoms with Gasteiger partial charge in [-0.1, -0.05) is 24.8 Å². The van der Waals surface area contributed by atoms with Crippen LogP contribution in [0.4, 0.5) is 23.0 Å². The summed E-state index contributed by atoms with van der Waals surface area (Å²) in [7, 11) is 1.61. The molecule has 9 heteroatoms. The van der Waals surface area contributed by atoms with Gasteiger partial charge in [-0.05, 0) is 67.8 Å².